The number of carboxylic acids is 1. The van der Waals surface area contributed by atoms with Gasteiger partial charge in [0.2, 0.25) is 0 Å². The van der Waals surface area contributed by atoms with Crippen LogP contribution in [0, 0.1) is 5.41 Å². The van der Waals surface area contributed by atoms with Crippen LogP contribution in [0.1, 0.15) is 26.2 Å². The van der Waals surface area contributed by atoms with Crippen LogP contribution in [0.5, 0.6) is 0 Å². The number of nitrogens with one attached hydrogen (secondary N) is 2. The molecule has 8 heteroatoms. The Balaban J connectivity index is 2.27. The quantitative estimate of drug-likeness (QED) is 0.616. The molecule has 2 atom stereocenters. The van der Waals surface area contributed by atoms with Crippen molar-refractivity contribution in [2.45, 2.75) is 38.7 Å². The molecule has 6 nitrogen and oxygen atoms in total. The molecule has 2 amide bonds. The molecule has 0 heterocycles. The molecular formula is C12H20F2N2O4. The van der Waals surface area contributed by atoms with Crippen LogP contribution < -0.4 is 10.6 Å². The molecule has 1 aliphatic carbocycles. The number of urea groups is 1. The number of halogens is 2. The summed E-state index contributed by atoms with van der Waals surface area (Å²) in [4.78, 5) is 22.8. The summed E-state index contributed by atoms with van der Waals surface area (Å²) in [5.74, 6) is -0.930. The second kappa shape index (κ2) is 7.37. The lowest BCUT2D eigenvalue weighted by molar-refractivity contribution is -0.148. The molecule has 1 aliphatic rings. The Bertz CT molecular complexity index is 354. The second-order valence-corrected chi connectivity index (χ2v) is 5.03. The van der Waals surface area contributed by atoms with Crippen molar-refractivity contribution in [1.29, 1.82) is 0 Å². The first-order chi connectivity index (χ1) is 9.36. The zero-order valence-electron chi connectivity index (χ0n) is 11.3. The highest BCUT2D eigenvalue weighted by molar-refractivity contribution is 5.79. The molecule has 1 rings (SSSR count). The van der Waals surface area contributed by atoms with Crippen LogP contribution in [0.3, 0.4) is 0 Å². The number of aliphatic carboxylic acids is 1. The molecule has 0 spiro atoms. The first kappa shape index (κ1) is 16.6. The molecule has 1 saturated carbocycles. The fraction of sp³-hybridized carbons (Fsp3) is 0.833. The predicted molar refractivity (Wildman–Crippen MR) is 66.7 cm³/mol. The summed E-state index contributed by atoms with van der Waals surface area (Å²) in [6, 6.07) is -0.938. The normalized spacial score (nSPS) is 25.7. The summed E-state index contributed by atoms with van der Waals surface area (Å²) in [6.45, 7) is 1.02. The SMILES string of the molecule is CC1(C(=O)O)CCCC1NC(=O)NCCOCC(F)F. The van der Waals surface area contributed by atoms with E-state index in [2.05, 4.69) is 15.4 Å². The molecule has 116 valence electrons. The lowest BCUT2D eigenvalue weighted by Crippen LogP contribution is -2.50. The van der Waals surface area contributed by atoms with Crippen molar-refractivity contribution in [3.8, 4) is 0 Å². The third-order valence-electron chi connectivity index (χ3n) is 3.53. The van der Waals surface area contributed by atoms with E-state index in [1.807, 2.05) is 0 Å². The van der Waals surface area contributed by atoms with Crippen molar-refractivity contribution in [2.24, 2.45) is 5.41 Å². The Morgan fingerprint density at radius 3 is 2.80 bits per heavy atom. The van der Waals surface area contributed by atoms with Crippen molar-refractivity contribution in [3.05, 3.63) is 0 Å². The smallest absolute Gasteiger partial charge is 0.315 e. The topological polar surface area (TPSA) is 87.7 Å². The molecule has 0 aliphatic heterocycles. The average molecular weight is 294 g/mol. The fourth-order valence-electron chi connectivity index (χ4n) is 2.27. The van der Waals surface area contributed by atoms with Gasteiger partial charge in [-0.3, -0.25) is 4.79 Å². The molecular weight excluding hydrogens is 274 g/mol. The highest BCUT2D eigenvalue weighted by atomic mass is 19.3. The Morgan fingerprint density at radius 1 is 1.50 bits per heavy atom. The van der Waals surface area contributed by atoms with Gasteiger partial charge in [-0.1, -0.05) is 6.42 Å². The Hall–Kier alpha value is -1.44. The van der Waals surface area contributed by atoms with Gasteiger partial charge >= 0.3 is 12.0 Å². The maximum Gasteiger partial charge on any atom is 0.315 e. The van der Waals surface area contributed by atoms with E-state index in [1.165, 1.54) is 0 Å². The third kappa shape index (κ3) is 4.59. The van der Waals surface area contributed by atoms with Gasteiger partial charge < -0.3 is 20.5 Å². The number of carbonyl (C=O) groups excluding carboxylic acids is 1. The van der Waals surface area contributed by atoms with E-state index < -0.39 is 36.5 Å². The third-order valence-corrected chi connectivity index (χ3v) is 3.53. The molecule has 2 unspecified atom stereocenters. The van der Waals surface area contributed by atoms with Gasteiger partial charge in [-0.25, -0.2) is 13.6 Å². The van der Waals surface area contributed by atoms with Gasteiger partial charge in [-0.15, -0.1) is 0 Å². The van der Waals surface area contributed by atoms with Crippen LogP contribution in [-0.4, -0.2) is 49.3 Å². The van der Waals surface area contributed by atoms with Crippen molar-refractivity contribution >= 4 is 12.0 Å². The summed E-state index contributed by atoms with van der Waals surface area (Å²) >= 11 is 0. The molecule has 0 aromatic rings. The Morgan fingerprint density at radius 2 is 2.20 bits per heavy atom. The number of carboxylic acid groups (broad SMARTS) is 1. The van der Waals surface area contributed by atoms with Gasteiger partial charge in [0.15, 0.2) is 0 Å². The van der Waals surface area contributed by atoms with Gasteiger partial charge in [-0.05, 0) is 19.8 Å². The van der Waals surface area contributed by atoms with E-state index in [-0.39, 0.29) is 13.2 Å². The number of ether oxygens (including phenoxy) is 1. The summed E-state index contributed by atoms with van der Waals surface area (Å²) in [7, 11) is 0. The van der Waals surface area contributed by atoms with E-state index >= 15 is 0 Å². The van der Waals surface area contributed by atoms with Crippen LogP contribution in [-0.2, 0) is 9.53 Å². The summed E-state index contributed by atoms with van der Waals surface area (Å²) in [5, 5.41) is 14.3. The van der Waals surface area contributed by atoms with Gasteiger partial charge in [0.05, 0.1) is 12.0 Å². The minimum Gasteiger partial charge on any atom is -0.481 e. The lowest BCUT2D eigenvalue weighted by atomic mass is 9.85. The monoisotopic (exact) mass is 294 g/mol. The molecule has 0 saturated heterocycles. The summed E-state index contributed by atoms with van der Waals surface area (Å²) in [6.07, 6.45) is -0.660. The molecule has 3 N–H and O–H groups in total. The van der Waals surface area contributed by atoms with Gasteiger partial charge in [-0.2, -0.15) is 0 Å². The van der Waals surface area contributed by atoms with Crippen LogP contribution in [0.2, 0.25) is 0 Å². The zero-order chi connectivity index (χ0) is 15.2. The van der Waals surface area contributed by atoms with E-state index in [9.17, 15) is 23.5 Å². The van der Waals surface area contributed by atoms with Crippen molar-refractivity contribution < 1.29 is 28.2 Å². The number of carbonyl (C=O) groups is 2. The molecule has 1 fully saturated rings. The van der Waals surface area contributed by atoms with Crippen LogP contribution >= 0.6 is 0 Å². The second-order valence-electron chi connectivity index (χ2n) is 5.03. The fourth-order valence-corrected chi connectivity index (χ4v) is 2.27. The first-order valence-corrected chi connectivity index (χ1v) is 6.50. The number of alkyl halides is 2. The summed E-state index contributed by atoms with van der Waals surface area (Å²) < 4.78 is 28.2. The number of rotatable bonds is 7. The maximum atomic E-state index is 11.8. The predicted octanol–water partition coefficient (Wildman–Crippen LogP) is 1.21. The van der Waals surface area contributed by atoms with Crippen molar-refractivity contribution in [3.63, 3.8) is 0 Å². The van der Waals surface area contributed by atoms with Gasteiger partial charge in [0.1, 0.15) is 6.61 Å². The van der Waals surface area contributed by atoms with Crippen LogP contribution in [0.4, 0.5) is 13.6 Å². The van der Waals surface area contributed by atoms with Crippen molar-refractivity contribution in [2.75, 3.05) is 19.8 Å². The molecule has 0 radical (unpaired) electrons. The molecule has 0 bridgehead atoms. The first-order valence-electron chi connectivity index (χ1n) is 6.50. The number of hydrogen-bond donors (Lipinski definition) is 3. The minimum atomic E-state index is -2.53. The minimum absolute atomic E-state index is 0.0153. The maximum absolute atomic E-state index is 11.8. The van der Waals surface area contributed by atoms with E-state index in [0.29, 0.717) is 12.8 Å². The van der Waals surface area contributed by atoms with Gasteiger partial charge in [0.25, 0.3) is 6.43 Å². The Kier molecular flexibility index (Phi) is 6.12. The van der Waals surface area contributed by atoms with E-state index in [1.54, 1.807) is 6.92 Å². The molecule has 0 aromatic carbocycles. The zero-order valence-corrected chi connectivity index (χ0v) is 11.3. The number of hydrogen-bond acceptors (Lipinski definition) is 3. The van der Waals surface area contributed by atoms with Crippen LogP contribution in [0.15, 0.2) is 0 Å². The van der Waals surface area contributed by atoms with Gasteiger partial charge in [0, 0.05) is 12.6 Å². The Labute approximate surface area is 115 Å². The van der Waals surface area contributed by atoms with Crippen molar-refractivity contribution in [1.82, 2.24) is 10.6 Å². The average Bonchev–Trinajstić information content (AvgIpc) is 2.71. The molecule has 20 heavy (non-hydrogen) atoms. The van der Waals surface area contributed by atoms with E-state index in [4.69, 9.17) is 0 Å². The highest BCUT2D eigenvalue weighted by Gasteiger charge is 2.45. The van der Waals surface area contributed by atoms with Crippen LogP contribution in [0.25, 0.3) is 0 Å². The molecule has 0 aromatic heterocycles. The lowest BCUT2D eigenvalue weighted by Gasteiger charge is -2.27. The standard InChI is InChI=1S/C12H20F2N2O4/c1-12(10(17)18)4-2-3-8(12)16-11(19)15-5-6-20-7-9(13)14/h8-9H,2-7H2,1H3,(H,17,18)(H2,15,16,19). The van der Waals surface area contributed by atoms with E-state index in [0.717, 1.165) is 6.42 Å². The summed E-state index contributed by atoms with van der Waals surface area (Å²) in [5.41, 5.74) is -0.955. The largest absolute Gasteiger partial charge is 0.481 e. The highest BCUT2D eigenvalue weighted by Crippen LogP contribution is 2.38. The number of amides is 2.